The van der Waals surface area contributed by atoms with Gasteiger partial charge in [-0.3, -0.25) is 38.4 Å². The SMILES string of the molecule is Cc1cc(NC2(C)CCC2)ncc1-c1sc(C(=O)NC2CC(O)C2)nc1C(=O)N1CCC[C@@H]1C.Cc1cc(NC2(C)CCC2)ncc1-c1sc(C(=O)N[C@@H](C)C(C)(C)O)nc1C(=O)N1CCC[C@@H]1C.Cc1cc(N[C@H](C)C2CC2)ncc1-c1sc(C(=O)NC2CC(O)C2)nc1C(=O)N1C2CCC1CC2.Cc1cc(N[C@H](C)C2CC2)ncc1-c1sc(C(=O)N[C@@H](C)C(C)(C)O)nc1C(=O)N1C2CCC1CC2. The number of hydrogen-bond donors (Lipinski definition) is 12. The van der Waals surface area contributed by atoms with Crippen LogP contribution in [0.3, 0.4) is 0 Å². The number of pyridine rings is 4. The number of likely N-dealkylation sites (tertiary alicyclic amines) is 2. The van der Waals surface area contributed by atoms with Gasteiger partial charge in [-0.1, -0.05) is 0 Å². The van der Waals surface area contributed by atoms with Crippen LogP contribution in [0, 0.1) is 39.5 Å². The van der Waals surface area contributed by atoms with E-state index in [2.05, 4.69) is 117 Å². The Morgan fingerprint density at radius 1 is 0.400 bits per heavy atom. The van der Waals surface area contributed by atoms with Crippen LogP contribution in [0.15, 0.2) is 49.1 Å². The van der Waals surface area contributed by atoms with Gasteiger partial charge < -0.3 is 82.6 Å². The van der Waals surface area contributed by atoms with Gasteiger partial charge in [-0.15, -0.1) is 45.3 Å². The van der Waals surface area contributed by atoms with E-state index in [1.165, 1.54) is 83.9 Å². The second-order valence-corrected chi connectivity index (χ2v) is 47.6. The first-order chi connectivity index (χ1) is 66.5. The van der Waals surface area contributed by atoms with E-state index < -0.39 is 29.2 Å². The second kappa shape index (κ2) is 41.3. The standard InChI is InChI=1S/C27H37N5O3S.C26H33N5O3S.C26H37N5O3S.C25H33N5O3S/c1-14-12-21(29-15(2)17-6-7-17)28-13-20(14)23-22(26(34)32-18-8-9-19(32)11-10-18)31-25(36-23)24(33)30-16(3)27(4,5)35;1-13-9-21(28-14(2)15-3-4-15)27-12-20(13)23-22(26(34)31-17-5-6-18(31)8-7-17)30-25(35-23)24(33)29-16-10-19(32)11-16;1-15-13-19(30-26(6)10-8-11-26)27-14-18(15)21-20(24(33)31-12-7-9-16(31)2)29-23(35-21)22(32)28-17(3)25(4,5)34;1-14-10-19(29-25(3)7-5-8-25)26-13-18(14)21-20(24(33)30-9-4-6-15(30)2)28-23(34-21)22(32)27-16-11-17(31)12-16/h12-13,15-19,35H,6-11H2,1-5H3,(H,28,29)(H,30,33);9,12,14-19,32H,3-8,10-11H2,1-2H3,(H,27,28)(H,29,33);13-14,16-17,34H,7-12H2,1-6H3,(H,27,30)(H,28,32);10,13,15-17,31H,4-9,11-12H2,1-3H3,(H,26,29)(H,27,32)/t15-,16+,18?,19?;14-,16?,17?,18?,19?;16-,17-;15-,16?,17?/m1100/s1. The summed E-state index contributed by atoms with van der Waals surface area (Å²) in [7, 11) is 0. The van der Waals surface area contributed by atoms with E-state index >= 15 is 0 Å². The molecule has 12 fully saturated rings. The number of aryl methyl sites for hydroxylation is 4. The van der Waals surface area contributed by atoms with Gasteiger partial charge in [0, 0.05) is 132 Å². The number of rotatable bonds is 28. The maximum absolute atomic E-state index is 13.8. The summed E-state index contributed by atoms with van der Waals surface area (Å²) in [6.45, 7) is 32.4. The molecule has 36 heteroatoms. The van der Waals surface area contributed by atoms with Gasteiger partial charge in [0.1, 0.15) is 46.0 Å². The molecule has 4 bridgehead atoms. The molecule has 8 aromatic heterocycles. The van der Waals surface area contributed by atoms with E-state index in [1.807, 2.05) is 84.7 Å². The number of aromatic nitrogens is 8. The number of thiazole rings is 4. The van der Waals surface area contributed by atoms with Crippen molar-refractivity contribution in [2.75, 3.05) is 34.4 Å². The highest BCUT2D eigenvalue weighted by Crippen LogP contribution is 2.47. The Labute approximate surface area is 836 Å². The monoisotopic (exact) mass is 1990 g/mol. The molecule has 0 aromatic carbocycles. The fraction of sp³-hybridized carbons (Fsp3) is 0.615. The largest absolute Gasteiger partial charge is 0.393 e. The van der Waals surface area contributed by atoms with Crippen molar-refractivity contribution in [2.45, 2.75) is 385 Å². The molecule has 6 saturated carbocycles. The van der Waals surface area contributed by atoms with Crippen LogP contribution in [0.25, 0.3) is 41.8 Å². The molecule has 140 heavy (non-hydrogen) atoms. The topological polar surface area (TPSA) is 430 Å². The van der Waals surface area contributed by atoms with Crippen LogP contribution in [0.1, 0.15) is 353 Å². The molecule has 14 heterocycles. The summed E-state index contributed by atoms with van der Waals surface area (Å²) in [5.41, 5.74) is 6.57. The number of carbonyl (C=O) groups excluding carboxylic acids is 8. The lowest BCUT2D eigenvalue weighted by molar-refractivity contribution is 0.0408. The molecule has 0 unspecified atom stereocenters. The molecule has 0 radical (unpaired) electrons. The number of fused-ring (bicyclic) bond motifs is 4. The highest BCUT2D eigenvalue weighted by Gasteiger charge is 2.48. The minimum absolute atomic E-state index is 0.0411. The summed E-state index contributed by atoms with van der Waals surface area (Å²) < 4.78 is 0. The van der Waals surface area contributed by atoms with Crippen molar-refractivity contribution < 1.29 is 58.8 Å². The lowest BCUT2D eigenvalue weighted by atomic mass is 9.78. The van der Waals surface area contributed by atoms with Crippen LogP contribution in [-0.4, -0.2) is 247 Å². The zero-order valence-corrected chi connectivity index (χ0v) is 87.0. The number of nitrogens with one attached hydrogen (secondary N) is 8. The van der Waals surface area contributed by atoms with Crippen molar-refractivity contribution in [3.8, 4) is 41.8 Å². The number of aliphatic hydroxyl groups excluding tert-OH is 2. The Hall–Kier alpha value is -10.1. The van der Waals surface area contributed by atoms with Crippen molar-refractivity contribution in [3.63, 3.8) is 0 Å². The summed E-state index contributed by atoms with van der Waals surface area (Å²) >= 11 is 4.92. The quantitative estimate of drug-likeness (QED) is 0.0217. The Kier molecular flexibility index (Phi) is 29.9. The smallest absolute Gasteiger partial charge is 0.280 e. The fourth-order valence-corrected chi connectivity index (χ4v) is 25.0. The van der Waals surface area contributed by atoms with Gasteiger partial charge in [0.05, 0.1) is 55.0 Å². The molecule has 6 atom stereocenters. The summed E-state index contributed by atoms with van der Waals surface area (Å²) in [6, 6.07) is 9.15. The molecular formula is C104H140N20O12S4. The average molecular weight is 1990 g/mol. The molecule has 752 valence electrons. The minimum Gasteiger partial charge on any atom is -0.393 e. The van der Waals surface area contributed by atoms with E-state index in [-0.39, 0.29) is 128 Å². The van der Waals surface area contributed by atoms with Crippen molar-refractivity contribution in [3.05, 3.63) is 114 Å². The van der Waals surface area contributed by atoms with Gasteiger partial charge in [0.2, 0.25) is 0 Å². The molecule has 12 N–H and O–H groups in total. The number of nitrogens with zero attached hydrogens (tertiary/aromatic N) is 12. The van der Waals surface area contributed by atoms with Gasteiger partial charge in [0.25, 0.3) is 47.3 Å². The third-order valence-corrected chi connectivity index (χ3v) is 35.8. The van der Waals surface area contributed by atoms with Gasteiger partial charge in [-0.25, -0.2) is 39.9 Å². The predicted octanol–water partition coefficient (Wildman–Crippen LogP) is 16.3. The van der Waals surface area contributed by atoms with Crippen LogP contribution in [0.4, 0.5) is 23.3 Å². The zero-order valence-electron chi connectivity index (χ0n) is 83.7. The first-order valence-corrected chi connectivity index (χ1v) is 54.1. The van der Waals surface area contributed by atoms with E-state index in [0.29, 0.717) is 104 Å². The van der Waals surface area contributed by atoms with Gasteiger partial charge in [-0.2, -0.15) is 0 Å². The van der Waals surface area contributed by atoms with Crippen molar-refractivity contribution in [1.82, 2.24) is 80.7 Å². The van der Waals surface area contributed by atoms with Gasteiger partial charge >= 0.3 is 0 Å². The number of aliphatic hydroxyl groups is 4. The second-order valence-electron chi connectivity index (χ2n) is 43.6. The third kappa shape index (κ3) is 22.6. The molecule has 6 aliphatic carbocycles. The van der Waals surface area contributed by atoms with Crippen molar-refractivity contribution in [1.29, 1.82) is 0 Å². The Morgan fingerprint density at radius 2 is 0.679 bits per heavy atom. The highest BCUT2D eigenvalue weighted by atomic mass is 32.1. The number of amides is 8. The molecule has 8 amide bonds. The average Bonchev–Trinajstić information content (AvgIpc) is 1.61. The zero-order chi connectivity index (χ0) is 99.6. The first-order valence-electron chi connectivity index (χ1n) is 50.8. The maximum atomic E-state index is 13.8. The highest BCUT2D eigenvalue weighted by molar-refractivity contribution is 7.18. The minimum atomic E-state index is -1.08. The van der Waals surface area contributed by atoms with Crippen LogP contribution >= 0.6 is 45.3 Å². The fourth-order valence-electron chi connectivity index (χ4n) is 20.9. The van der Waals surface area contributed by atoms with Crippen molar-refractivity contribution in [2.24, 2.45) is 11.8 Å². The molecule has 20 rings (SSSR count). The Balaban J connectivity index is 0.000000129. The van der Waals surface area contributed by atoms with E-state index in [9.17, 15) is 58.8 Å². The number of carbonyl (C=O) groups is 8. The van der Waals surface area contributed by atoms with Crippen LogP contribution in [0.2, 0.25) is 0 Å². The van der Waals surface area contributed by atoms with Gasteiger partial charge in [-0.05, 0) is 336 Å². The molecule has 8 aromatic rings. The summed E-state index contributed by atoms with van der Waals surface area (Å²) in [5.74, 6) is 2.93. The van der Waals surface area contributed by atoms with Crippen LogP contribution < -0.4 is 42.5 Å². The summed E-state index contributed by atoms with van der Waals surface area (Å²) in [4.78, 5) is 154. The molecular weight excluding hydrogens is 1850 g/mol. The number of hydrogen-bond acceptors (Lipinski definition) is 28. The first kappa shape index (κ1) is 101. The maximum Gasteiger partial charge on any atom is 0.280 e. The van der Waals surface area contributed by atoms with Crippen molar-refractivity contribution >= 4 is 116 Å². The molecule has 0 spiro atoms. The molecule has 32 nitrogen and oxygen atoms in total. The van der Waals surface area contributed by atoms with E-state index in [4.69, 9.17) is 0 Å². The molecule has 6 saturated heterocycles. The predicted molar refractivity (Wildman–Crippen MR) is 547 cm³/mol. The Morgan fingerprint density at radius 3 is 0.929 bits per heavy atom. The van der Waals surface area contributed by atoms with E-state index in [1.54, 1.807) is 60.1 Å². The summed E-state index contributed by atoms with van der Waals surface area (Å²) in [5, 5.41) is 66.2. The lowest BCUT2D eigenvalue weighted by Gasteiger charge is -2.39. The normalized spacial score (nSPS) is 24.2. The summed E-state index contributed by atoms with van der Waals surface area (Å²) in [6.07, 6.45) is 32.9. The Bertz CT molecular complexity index is 5930. The van der Waals surface area contributed by atoms with Crippen LogP contribution in [-0.2, 0) is 0 Å². The number of anilines is 4. The molecule has 12 aliphatic rings. The van der Waals surface area contributed by atoms with Gasteiger partial charge in [0.15, 0.2) is 20.0 Å². The lowest BCUT2D eigenvalue weighted by Crippen LogP contribution is -2.47. The van der Waals surface area contributed by atoms with E-state index in [0.717, 1.165) is 176 Å². The third-order valence-electron chi connectivity index (χ3n) is 31.4. The van der Waals surface area contributed by atoms with Crippen LogP contribution in [0.5, 0.6) is 0 Å². The molecule has 6 aliphatic heterocycles.